The van der Waals surface area contributed by atoms with E-state index in [0.29, 0.717) is 6.04 Å². The molecule has 0 radical (unpaired) electrons. The van der Waals surface area contributed by atoms with Gasteiger partial charge in [-0.25, -0.2) is 0 Å². The third-order valence-electron chi connectivity index (χ3n) is 3.06. The molecule has 0 bridgehead atoms. The molecule has 1 unspecified atom stereocenters. The second kappa shape index (κ2) is 5.63. The molecule has 2 aromatic rings. The fourth-order valence-corrected chi connectivity index (χ4v) is 2.00. The van der Waals surface area contributed by atoms with Gasteiger partial charge in [-0.3, -0.25) is 0 Å². The summed E-state index contributed by atoms with van der Waals surface area (Å²) in [7, 11) is 0. The first kappa shape index (κ1) is 12.6. The van der Waals surface area contributed by atoms with Crippen LogP contribution in [0.15, 0.2) is 41.0 Å². The van der Waals surface area contributed by atoms with E-state index in [4.69, 9.17) is 10.2 Å². The molecule has 1 aromatic heterocycles. The number of hydrogen-bond acceptors (Lipinski definition) is 3. The Labute approximate surface area is 108 Å². The van der Waals surface area contributed by atoms with Gasteiger partial charge in [-0.2, -0.15) is 0 Å². The van der Waals surface area contributed by atoms with E-state index in [9.17, 15) is 0 Å². The van der Waals surface area contributed by atoms with Gasteiger partial charge in [0.05, 0.1) is 6.26 Å². The summed E-state index contributed by atoms with van der Waals surface area (Å²) in [5, 5.41) is 3.50. The number of benzene rings is 1. The smallest absolute Gasteiger partial charge is 0.103 e. The van der Waals surface area contributed by atoms with Gasteiger partial charge in [0.1, 0.15) is 5.76 Å². The van der Waals surface area contributed by atoms with E-state index in [2.05, 4.69) is 19.2 Å². The van der Waals surface area contributed by atoms with Crippen molar-refractivity contribution in [3.63, 3.8) is 0 Å². The molecule has 3 heteroatoms. The summed E-state index contributed by atoms with van der Waals surface area (Å²) in [6, 6.07) is 10.3. The Hall–Kier alpha value is -1.90. The van der Waals surface area contributed by atoms with Crippen molar-refractivity contribution in [3.05, 3.63) is 47.9 Å². The molecular formula is C15H20N2O. The molecule has 0 aliphatic rings. The van der Waals surface area contributed by atoms with Gasteiger partial charge in [0.2, 0.25) is 0 Å². The molecule has 3 N–H and O–H groups in total. The zero-order valence-corrected chi connectivity index (χ0v) is 10.9. The number of hydrogen-bond donors (Lipinski definition) is 2. The largest absolute Gasteiger partial charge is 0.469 e. The molecule has 0 spiro atoms. The van der Waals surface area contributed by atoms with Crippen LogP contribution in [-0.2, 0) is 6.42 Å². The van der Waals surface area contributed by atoms with Crippen LogP contribution in [0.5, 0.6) is 0 Å². The molecule has 0 amide bonds. The summed E-state index contributed by atoms with van der Waals surface area (Å²) in [4.78, 5) is 0. The highest BCUT2D eigenvalue weighted by atomic mass is 16.3. The van der Waals surface area contributed by atoms with Crippen LogP contribution < -0.4 is 11.1 Å². The highest BCUT2D eigenvalue weighted by Gasteiger charge is 2.06. The van der Waals surface area contributed by atoms with Crippen molar-refractivity contribution in [2.75, 3.05) is 11.1 Å². The Bertz CT molecular complexity index is 491. The molecule has 3 nitrogen and oxygen atoms in total. The number of nitrogens with one attached hydrogen (secondary N) is 1. The first-order chi connectivity index (χ1) is 8.65. The number of rotatable bonds is 5. The molecule has 1 heterocycles. The van der Waals surface area contributed by atoms with Crippen LogP contribution in [-0.4, -0.2) is 6.04 Å². The van der Waals surface area contributed by atoms with Gasteiger partial charge < -0.3 is 15.5 Å². The zero-order valence-electron chi connectivity index (χ0n) is 10.9. The summed E-state index contributed by atoms with van der Waals surface area (Å²) >= 11 is 0. The Kier molecular flexibility index (Phi) is 3.92. The predicted molar refractivity (Wildman–Crippen MR) is 75.7 cm³/mol. The van der Waals surface area contributed by atoms with Crippen molar-refractivity contribution in [2.45, 2.75) is 32.7 Å². The van der Waals surface area contributed by atoms with E-state index >= 15 is 0 Å². The van der Waals surface area contributed by atoms with Crippen LogP contribution in [0.3, 0.4) is 0 Å². The Balaban J connectivity index is 1.88. The number of aryl methyl sites for hydroxylation is 2. The van der Waals surface area contributed by atoms with E-state index in [1.54, 1.807) is 6.26 Å². The normalized spacial score (nSPS) is 12.3. The summed E-state index contributed by atoms with van der Waals surface area (Å²) in [6.07, 6.45) is 3.71. The van der Waals surface area contributed by atoms with Gasteiger partial charge in [-0.1, -0.05) is 0 Å². The average molecular weight is 244 g/mol. The lowest BCUT2D eigenvalue weighted by Gasteiger charge is -2.16. The van der Waals surface area contributed by atoms with Crippen molar-refractivity contribution in [3.8, 4) is 0 Å². The van der Waals surface area contributed by atoms with E-state index < -0.39 is 0 Å². The third-order valence-corrected chi connectivity index (χ3v) is 3.06. The monoisotopic (exact) mass is 244 g/mol. The second-order valence-corrected chi connectivity index (χ2v) is 4.74. The fourth-order valence-electron chi connectivity index (χ4n) is 2.00. The minimum atomic E-state index is 0.400. The molecule has 1 aromatic carbocycles. The maximum atomic E-state index is 5.74. The van der Waals surface area contributed by atoms with Gasteiger partial charge in [-0.15, -0.1) is 0 Å². The number of nitrogen functional groups attached to an aromatic ring is 1. The number of nitrogens with two attached hydrogens (primary N) is 1. The van der Waals surface area contributed by atoms with Crippen LogP contribution in [0.1, 0.15) is 24.7 Å². The zero-order chi connectivity index (χ0) is 13.0. The van der Waals surface area contributed by atoms with Crippen LogP contribution in [0.25, 0.3) is 0 Å². The van der Waals surface area contributed by atoms with E-state index in [0.717, 1.165) is 30.0 Å². The summed E-state index contributed by atoms with van der Waals surface area (Å²) in [5.41, 5.74) is 8.88. The van der Waals surface area contributed by atoms with Crippen molar-refractivity contribution in [1.29, 1.82) is 0 Å². The van der Waals surface area contributed by atoms with Crippen molar-refractivity contribution < 1.29 is 4.42 Å². The van der Waals surface area contributed by atoms with E-state index in [-0.39, 0.29) is 0 Å². The lowest BCUT2D eigenvalue weighted by Crippen LogP contribution is -2.16. The molecule has 0 aliphatic heterocycles. The fraction of sp³-hybridized carbons (Fsp3) is 0.333. The standard InChI is InChI=1S/C15H20N2O/c1-11-10-13(16)6-8-15(11)17-12(2)5-7-14-4-3-9-18-14/h3-4,6,8-10,12,17H,5,7,16H2,1-2H3. The SMILES string of the molecule is Cc1cc(N)ccc1NC(C)CCc1ccco1. The van der Waals surface area contributed by atoms with Gasteiger partial charge in [-0.05, 0) is 56.2 Å². The topological polar surface area (TPSA) is 51.2 Å². The Morgan fingerprint density at radius 3 is 2.83 bits per heavy atom. The van der Waals surface area contributed by atoms with Crippen molar-refractivity contribution in [1.82, 2.24) is 0 Å². The summed E-state index contributed by atoms with van der Waals surface area (Å²) < 4.78 is 5.33. The van der Waals surface area contributed by atoms with Crippen molar-refractivity contribution in [2.24, 2.45) is 0 Å². The lowest BCUT2D eigenvalue weighted by atomic mass is 10.1. The Morgan fingerprint density at radius 1 is 1.33 bits per heavy atom. The Morgan fingerprint density at radius 2 is 2.17 bits per heavy atom. The molecule has 96 valence electrons. The molecule has 0 saturated heterocycles. The molecule has 18 heavy (non-hydrogen) atoms. The van der Waals surface area contributed by atoms with Crippen LogP contribution in [0, 0.1) is 6.92 Å². The van der Waals surface area contributed by atoms with Gasteiger partial charge in [0, 0.05) is 23.8 Å². The molecule has 0 saturated carbocycles. The first-order valence-electron chi connectivity index (χ1n) is 6.30. The molecule has 0 fully saturated rings. The lowest BCUT2D eigenvalue weighted by molar-refractivity contribution is 0.495. The van der Waals surface area contributed by atoms with Gasteiger partial charge in [0.25, 0.3) is 0 Å². The maximum absolute atomic E-state index is 5.74. The first-order valence-corrected chi connectivity index (χ1v) is 6.30. The summed E-state index contributed by atoms with van der Waals surface area (Å²) in [5.74, 6) is 1.04. The minimum Gasteiger partial charge on any atom is -0.469 e. The average Bonchev–Trinajstić information content (AvgIpc) is 2.83. The molecule has 0 aliphatic carbocycles. The minimum absolute atomic E-state index is 0.400. The van der Waals surface area contributed by atoms with E-state index in [1.807, 2.05) is 30.3 Å². The molecule has 1 atom stereocenters. The van der Waals surface area contributed by atoms with Crippen molar-refractivity contribution >= 4 is 11.4 Å². The number of anilines is 2. The van der Waals surface area contributed by atoms with Crippen LogP contribution in [0.4, 0.5) is 11.4 Å². The van der Waals surface area contributed by atoms with E-state index in [1.165, 1.54) is 5.56 Å². The second-order valence-electron chi connectivity index (χ2n) is 4.74. The molecule has 2 rings (SSSR count). The third kappa shape index (κ3) is 3.29. The van der Waals surface area contributed by atoms with Gasteiger partial charge >= 0.3 is 0 Å². The predicted octanol–water partition coefficient (Wildman–Crippen LogP) is 3.60. The highest BCUT2D eigenvalue weighted by Crippen LogP contribution is 2.19. The number of furan rings is 1. The van der Waals surface area contributed by atoms with Gasteiger partial charge in [0.15, 0.2) is 0 Å². The summed E-state index contributed by atoms with van der Waals surface area (Å²) in [6.45, 7) is 4.25. The quantitative estimate of drug-likeness (QED) is 0.790. The van der Waals surface area contributed by atoms with Crippen LogP contribution >= 0.6 is 0 Å². The van der Waals surface area contributed by atoms with Crippen LogP contribution in [0.2, 0.25) is 0 Å². The maximum Gasteiger partial charge on any atom is 0.103 e. The highest BCUT2D eigenvalue weighted by molar-refractivity contribution is 5.57. The molecular weight excluding hydrogens is 224 g/mol.